The quantitative estimate of drug-likeness (QED) is 0.799. The van der Waals surface area contributed by atoms with E-state index in [-0.39, 0.29) is 0 Å². The molecule has 0 unspecified atom stereocenters. The van der Waals surface area contributed by atoms with Gasteiger partial charge in [0.25, 0.3) is 0 Å². The Hall–Kier alpha value is -0.610. The number of thiazole rings is 1. The molecule has 1 saturated heterocycles. The summed E-state index contributed by atoms with van der Waals surface area (Å²) in [4.78, 5) is 6.32. The van der Waals surface area contributed by atoms with Crippen LogP contribution in [0.25, 0.3) is 0 Å². The van der Waals surface area contributed by atoms with Crippen molar-refractivity contribution in [3.63, 3.8) is 0 Å². The average Bonchev–Trinajstić information content (AvgIpc) is 2.52. The molecule has 1 fully saturated rings. The van der Waals surface area contributed by atoms with E-state index < -0.39 is 5.60 Å². The summed E-state index contributed by atoms with van der Waals surface area (Å²) in [6.45, 7) is 3.59. The Morgan fingerprint density at radius 1 is 1.69 bits per heavy atom. The third kappa shape index (κ3) is 1.69. The first-order chi connectivity index (χ1) is 6.23. The third-order valence-electron chi connectivity index (χ3n) is 2.38. The molecule has 4 heteroatoms. The van der Waals surface area contributed by atoms with E-state index in [0.29, 0.717) is 0 Å². The maximum absolute atomic E-state index is 9.91. The number of anilines is 1. The molecule has 0 atom stereocenters. The molecular formula is C9H14N2OS. The van der Waals surface area contributed by atoms with E-state index in [4.69, 9.17) is 0 Å². The zero-order valence-corrected chi connectivity index (χ0v) is 8.55. The van der Waals surface area contributed by atoms with Crippen LogP contribution in [0.1, 0.15) is 19.8 Å². The monoisotopic (exact) mass is 198 g/mol. The Morgan fingerprint density at radius 2 is 2.46 bits per heavy atom. The van der Waals surface area contributed by atoms with Crippen LogP contribution in [-0.4, -0.2) is 28.8 Å². The van der Waals surface area contributed by atoms with Gasteiger partial charge in [0, 0.05) is 11.6 Å². The molecule has 1 aliphatic heterocycles. The second kappa shape index (κ2) is 3.27. The summed E-state index contributed by atoms with van der Waals surface area (Å²) >= 11 is 1.63. The number of β-amino-alcohol motifs (C(OH)–C–C–N with tert-alkyl or cyclic N) is 1. The maximum Gasteiger partial charge on any atom is 0.185 e. The summed E-state index contributed by atoms with van der Waals surface area (Å²) in [6.07, 6.45) is 3.74. The lowest BCUT2D eigenvalue weighted by Gasteiger charge is -2.46. The molecule has 0 spiro atoms. The molecule has 0 aliphatic carbocycles. The maximum atomic E-state index is 9.91. The molecule has 72 valence electrons. The Balaban J connectivity index is 1.91. The van der Waals surface area contributed by atoms with Crippen molar-refractivity contribution in [1.82, 2.24) is 4.98 Å². The van der Waals surface area contributed by atoms with Gasteiger partial charge in [0.1, 0.15) is 0 Å². The van der Waals surface area contributed by atoms with Gasteiger partial charge in [-0.3, -0.25) is 0 Å². The van der Waals surface area contributed by atoms with Crippen molar-refractivity contribution in [2.75, 3.05) is 18.0 Å². The van der Waals surface area contributed by atoms with E-state index in [1.54, 1.807) is 17.5 Å². The van der Waals surface area contributed by atoms with Crippen LogP contribution in [-0.2, 0) is 0 Å². The van der Waals surface area contributed by atoms with Gasteiger partial charge in [-0.25, -0.2) is 4.98 Å². The van der Waals surface area contributed by atoms with E-state index in [0.717, 1.165) is 31.1 Å². The zero-order chi connectivity index (χ0) is 9.31. The number of nitrogens with zero attached hydrogens (tertiary/aromatic N) is 2. The Kier molecular flexibility index (Phi) is 2.26. The van der Waals surface area contributed by atoms with Gasteiger partial charge >= 0.3 is 0 Å². The van der Waals surface area contributed by atoms with Gasteiger partial charge in [-0.05, 0) is 6.42 Å². The highest BCUT2D eigenvalue weighted by atomic mass is 32.1. The lowest BCUT2D eigenvalue weighted by atomic mass is 9.90. The Bertz CT molecular complexity index is 267. The topological polar surface area (TPSA) is 36.4 Å². The zero-order valence-electron chi connectivity index (χ0n) is 7.73. The minimum absolute atomic E-state index is 0.444. The molecule has 2 rings (SSSR count). The molecule has 1 aromatic rings. The summed E-state index contributed by atoms with van der Waals surface area (Å²) in [5, 5.41) is 12.9. The highest BCUT2D eigenvalue weighted by Gasteiger charge is 2.41. The first-order valence-electron chi connectivity index (χ1n) is 4.60. The number of aliphatic hydroxyl groups is 1. The highest BCUT2D eigenvalue weighted by Crippen LogP contribution is 2.31. The van der Waals surface area contributed by atoms with Crippen molar-refractivity contribution in [3.8, 4) is 0 Å². The van der Waals surface area contributed by atoms with E-state index in [9.17, 15) is 5.11 Å². The van der Waals surface area contributed by atoms with Crippen molar-refractivity contribution < 1.29 is 5.11 Å². The molecule has 0 aromatic carbocycles. The fourth-order valence-electron chi connectivity index (χ4n) is 1.80. The second-order valence-electron chi connectivity index (χ2n) is 3.65. The molecular weight excluding hydrogens is 184 g/mol. The highest BCUT2D eigenvalue weighted by molar-refractivity contribution is 7.13. The van der Waals surface area contributed by atoms with Crippen molar-refractivity contribution in [2.24, 2.45) is 0 Å². The molecule has 3 nitrogen and oxygen atoms in total. The van der Waals surface area contributed by atoms with Crippen molar-refractivity contribution in [2.45, 2.75) is 25.4 Å². The number of hydrogen-bond donors (Lipinski definition) is 1. The predicted octanol–water partition coefficient (Wildman–Crippen LogP) is 1.49. The Morgan fingerprint density at radius 3 is 3.00 bits per heavy atom. The Labute approximate surface area is 82.0 Å². The van der Waals surface area contributed by atoms with Crippen molar-refractivity contribution in [1.29, 1.82) is 0 Å². The molecule has 2 heterocycles. The van der Waals surface area contributed by atoms with Gasteiger partial charge in [0.05, 0.1) is 18.7 Å². The van der Waals surface area contributed by atoms with Gasteiger partial charge in [-0.2, -0.15) is 0 Å². The van der Waals surface area contributed by atoms with Crippen molar-refractivity contribution in [3.05, 3.63) is 11.6 Å². The van der Waals surface area contributed by atoms with E-state index in [1.165, 1.54) is 0 Å². The largest absolute Gasteiger partial charge is 0.386 e. The molecule has 0 bridgehead atoms. The van der Waals surface area contributed by atoms with Crippen LogP contribution >= 0.6 is 11.3 Å². The molecule has 0 radical (unpaired) electrons. The lowest BCUT2D eigenvalue weighted by molar-refractivity contribution is 0.00338. The minimum Gasteiger partial charge on any atom is -0.386 e. The minimum atomic E-state index is -0.444. The van der Waals surface area contributed by atoms with Crippen LogP contribution in [0.3, 0.4) is 0 Å². The normalized spacial score (nSPS) is 20.0. The van der Waals surface area contributed by atoms with E-state index in [1.807, 2.05) is 5.38 Å². The fourth-order valence-corrected chi connectivity index (χ4v) is 2.44. The summed E-state index contributed by atoms with van der Waals surface area (Å²) in [5.74, 6) is 0. The molecule has 1 N–H and O–H groups in total. The van der Waals surface area contributed by atoms with Crippen LogP contribution in [0.4, 0.5) is 5.13 Å². The molecule has 13 heavy (non-hydrogen) atoms. The van der Waals surface area contributed by atoms with Crippen LogP contribution < -0.4 is 4.90 Å². The SMILES string of the molecule is CCCC1(O)CN(c2nccs2)C1. The second-order valence-corrected chi connectivity index (χ2v) is 4.52. The summed E-state index contributed by atoms with van der Waals surface area (Å²) in [5.41, 5.74) is -0.444. The lowest BCUT2D eigenvalue weighted by Crippen LogP contribution is -2.61. The van der Waals surface area contributed by atoms with Gasteiger partial charge in [0.15, 0.2) is 5.13 Å². The molecule has 0 amide bonds. The van der Waals surface area contributed by atoms with Crippen LogP contribution in [0.2, 0.25) is 0 Å². The fraction of sp³-hybridized carbons (Fsp3) is 0.667. The summed E-state index contributed by atoms with van der Waals surface area (Å²) < 4.78 is 0. The predicted molar refractivity (Wildman–Crippen MR) is 54.2 cm³/mol. The summed E-state index contributed by atoms with van der Waals surface area (Å²) in [6, 6.07) is 0. The van der Waals surface area contributed by atoms with Gasteiger partial charge in [-0.1, -0.05) is 13.3 Å². The first-order valence-corrected chi connectivity index (χ1v) is 5.48. The van der Waals surface area contributed by atoms with Crippen molar-refractivity contribution >= 4 is 16.5 Å². The van der Waals surface area contributed by atoms with Crippen LogP contribution in [0.15, 0.2) is 11.6 Å². The number of hydrogen-bond acceptors (Lipinski definition) is 4. The molecule has 1 aromatic heterocycles. The number of aromatic nitrogens is 1. The van der Waals surface area contributed by atoms with Crippen LogP contribution in [0.5, 0.6) is 0 Å². The standard InChI is InChI=1S/C9H14N2OS/c1-2-3-9(12)6-11(7-9)8-10-4-5-13-8/h4-5,12H,2-3,6-7H2,1H3. The first kappa shape index (κ1) is 8.97. The average molecular weight is 198 g/mol. The number of rotatable bonds is 3. The van der Waals surface area contributed by atoms with Crippen LogP contribution in [0, 0.1) is 0 Å². The molecule has 0 saturated carbocycles. The van der Waals surface area contributed by atoms with E-state index >= 15 is 0 Å². The van der Waals surface area contributed by atoms with E-state index in [2.05, 4.69) is 16.8 Å². The smallest absolute Gasteiger partial charge is 0.185 e. The molecule has 1 aliphatic rings. The third-order valence-corrected chi connectivity index (χ3v) is 3.21. The summed E-state index contributed by atoms with van der Waals surface area (Å²) in [7, 11) is 0. The van der Waals surface area contributed by atoms with Gasteiger partial charge < -0.3 is 10.0 Å². The van der Waals surface area contributed by atoms with Gasteiger partial charge in [0.2, 0.25) is 0 Å². The van der Waals surface area contributed by atoms with Gasteiger partial charge in [-0.15, -0.1) is 11.3 Å².